The van der Waals surface area contributed by atoms with E-state index in [0.717, 1.165) is 17.5 Å². The molecule has 18 heavy (non-hydrogen) atoms. The number of carbonyl (C=O) groups excluding carboxylic acids is 1. The quantitative estimate of drug-likeness (QED) is 0.857. The molecule has 0 radical (unpaired) electrons. The van der Waals surface area contributed by atoms with Crippen LogP contribution < -0.4 is 5.32 Å². The Kier molecular flexibility index (Phi) is 4.02. The minimum absolute atomic E-state index is 0.0325. The monoisotopic (exact) mass is 247 g/mol. The molecule has 1 aromatic carbocycles. The minimum atomic E-state index is -0.497. The molecule has 0 aliphatic heterocycles. The van der Waals surface area contributed by atoms with Crippen molar-refractivity contribution in [2.45, 2.75) is 45.3 Å². The molecule has 0 spiro atoms. The molecule has 3 heteroatoms. The number of aliphatic hydroxyl groups is 1. The maximum atomic E-state index is 11.9. The standard InChI is InChI=1S/C15H21NO2/c1-3-10(2)8-14(18)16-15-12-7-5-4-6-11(12)9-13(15)17/h4-7,10,13,15,17H,3,8-9H2,1-2H3,(H,16,18)/t10?,13-,15+/m1/s1. The Morgan fingerprint density at radius 1 is 1.50 bits per heavy atom. The van der Waals surface area contributed by atoms with E-state index in [0.29, 0.717) is 18.8 Å². The molecule has 0 saturated heterocycles. The molecule has 0 saturated carbocycles. The molecule has 2 rings (SSSR count). The van der Waals surface area contributed by atoms with Crippen molar-refractivity contribution in [1.82, 2.24) is 5.32 Å². The highest BCUT2D eigenvalue weighted by Gasteiger charge is 2.31. The second-order valence-corrected chi connectivity index (χ2v) is 5.23. The number of amides is 1. The third-order valence-electron chi connectivity index (χ3n) is 3.75. The van der Waals surface area contributed by atoms with Gasteiger partial charge in [0.1, 0.15) is 0 Å². The van der Waals surface area contributed by atoms with Crippen LogP contribution >= 0.6 is 0 Å². The number of fused-ring (bicyclic) bond motifs is 1. The zero-order valence-corrected chi connectivity index (χ0v) is 11.0. The molecular formula is C15H21NO2. The van der Waals surface area contributed by atoms with Crippen LogP contribution in [0.25, 0.3) is 0 Å². The van der Waals surface area contributed by atoms with Crippen molar-refractivity contribution in [3.05, 3.63) is 35.4 Å². The lowest BCUT2D eigenvalue weighted by Crippen LogP contribution is -2.34. The van der Waals surface area contributed by atoms with Crippen molar-refractivity contribution < 1.29 is 9.90 Å². The molecule has 0 fully saturated rings. The Morgan fingerprint density at radius 2 is 2.22 bits per heavy atom. The lowest BCUT2D eigenvalue weighted by Gasteiger charge is -2.19. The second kappa shape index (κ2) is 5.53. The fourth-order valence-corrected chi connectivity index (χ4v) is 2.44. The highest BCUT2D eigenvalue weighted by Crippen LogP contribution is 2.31. The van der Waals surface area contributed by atoms with Gasteiger partial charge in [-0.15, -0.1) is 0 Å². The number of aliphatic hydroxyl groups excluding tert-OH is 1. The SMILES string of the molecule is CCC(C)CC(=O)N[C@H]1c2ccccc2C[C@H]1O. The first-order valence-electron chi connectivity index (χ1n) is 6.67. The van der Waals surface area contributed by atoms with E-state index in [9.17, 15) is 9.90 Å². The summed E-state index contributed by atoms with van der Waals surface area (Å²) in [5, 5.41) is 13.0. The van der Waals surface area contributed by atoms with E-state index >= 15 is 0 Å². The van der Waals surface area contributed by atoms with Crippen molar-refractivity contribution >= 4 is 5.91 Å². The number of nitrogens with one attached hydrogen (secondary N) is 1. The third-order valence-corrected chi connectivity index (χ3v) is 3.75. The van der Waals surface area contributed by atoms with Gasteiger partial charge in [0.2, 0.25) is 5.91 Å². The van der Waals surface area contributed by atoms with Crippen LogP contribution in [0.2, 0.25) is 0 Å². The smallest absolute Gasteiger partial charge is 0.220 e. The first-order chi connectivity index (χ1) is 8.61. The fraction of sp³-hybridized carbons (Fsp3) is 0.533. The fourth-order valence-electron chi connectivity index (χ4n) is 2.44. The van der Waals surface area contributed by atoms with Crippen LogP contribution in [0.5, 0.6) is 0 Å². The lowest BCUT2D eigenvalue weighted by atomic mass is 10.0. The second-order valence-electron chi connectivity index (χ2n) is 5.23. The average molecular weight is 247 g/mol. The minimum Gasteiger partial charge on any atom is -0.390 e. The van der Waals surface area contributed by atoms with E-state index in [4.69, 9.17) is 0 Å². The van der Waals surface area contributed by atoms with Gasteiger partial charge in [0.05, 0.1) is 12.1 Å². The van der Waals surface area contributed by atoms with Gasteiger partial charge in [-0.05, 0) is 17.0 Å². The summed E-state index contributed by atoms with van der Waals surface area (Å²) in [6.07, 6.45) is 1.66. The van der Waals surface area contributed by atoms with Gasteiger partial charge in [0, 0.05) is 12.8 Å². The summed E-state index contributed by atoms with van der Waals surface area (Å²) in [6.45, 7) is 4.15. The van der Waals surface area contributed by atoms with Crippen molar-refractivity contribution in [2.24, 2.45) is 5.92 Å². The highest BCUT2D eigenvalue weighted by atomic mass is 16.3. The van der Waals surface area contributed by atoms with Gasteiger partial charge in [0.25, 0.3) is 0 Å². The van der Waals surface area contributed by atoms with Crippen molar-refractivity contribution in [3.63, 3.8) is 0 Å². The van der Waals surface area contributed by atoms with E-state index in [1.165, 1.54) is 0 Å². The molecular weight excluding hydrogens is 226 g/mol. The zero-order valence-electron chi connectivity index (χ0n) is 11.0. The Morgan fingerprint density at radius 3 is 2.94 bits per heavy atom. The Bertz CT molecular complexity index is 430. The van der Waals surface area contributed by atoms with E-state index in [2.05, 4.69) is 19.2 Å². The van der Waals surface area contributed by atoms with Crippen molar-refractivity contribution in [3.8, 4) is 0 Å². The number of carbonyl (C=O) groups is 1. The maximum absolute atomic E-state index is 11.9. The summed E-state index contributed by atoms with van der Waals surface area (Å²) >= 11 is 0. The van der Waals surface area contributed by atoms with Gasteiger partial charge in [-0.25, -0.2) is 0 Å². The number of rotatable bonds is 4. The molecule has 3 atom stereocenters. The predicted molar refractivity (Wildman–Crippen MR) is 71.1 cm³/mol. The summed E-state index contributed by atoms with van der Waals surface area (Å²) in [5.41, 5.74) is 2.20. The third kappa shape index (κ3) is 2.72. The van der Waals surface area contributed by atoms with Crippen molar-refractivity contribution in [2.75, 3.05) is 0 Å². The molecule has 2 N–H and O–H groups in total. The molecule has 0 aromatic heterocycles. The molecule has 1 amide bonds. The molecule has 0 bridgehead atoms. The molecule has 1 aliphatic rings. The first kappa shape index (κ1) is 13.1. The normalized spacial score (nSPS) is 23.5. The van der Waals surface area contributed by atoms with Crippen LogP contribution in [-0.4, -0.2) is 17.1 Å². The topological polar surface area (TPSA) is 49.3 Å². The van der Waals surface area contributed by atoms with E-state index in [1.54, 1.807) is 0 Å². The average Bonchev–Trinajstić information content (AvgIpc) is 2.66. The summed E-state index contributed by atoms with van der Waals surface area (Å²) in [5.74, 6) is 0.420. The van der Waals surface area contributed by atoms with Crippen LogP contribution in [0.1, 0.15) is 43.9 Å². The van der Waals surface area contributed by atoms with Gasteiger partial charge >= 0.3 is 0 Å². The molecule has 1 unspecified atom stereocenters. The Labute approximate surface area is 108 Å². The highest BCUT2D eigenvalue weighted by molar-refractivity contribution is 5.77. The molecule has 0 heterocycles. The van der Waals surface area contributed by atoms with Crippen LogP contribution in [0.15, 0.2) is 24.3 Å². The molecule has 3 nitrogen and oxygen atoms in total. The van der Waals surface area contributed by atoms with E-state index in [1.807, 2.05) is 24.3 Å². The number of hydrogen-bond acceptors (Lipinski definition) is 2. The van der Waals surface area contributed by atoms with E-state index < -0.39 is 6.10 Å². The Balaban J connectivity index is 2.03. The van der Waals surface area contributed by atoms with E-state index in [-0.39, 0.29) is 11.9 Å². The maximum Gasteiger partial charge on any atom is 0.220 e. The largest absolute Gasteiger partial charge is 0.390 e. The van der Waals surface area contributed by atoms with Crippen LogP contribution in [0.3, 0.4) is 0 Å². The van der Waals surface area contributed by atoms with Gasteiger partial charge < -0.3 is 10.4 Å². The summed E-state index contributed by atoms with van der Waals surface area (Å²) in [7, 11) is 0. The number of benzene rings is 1. The number of hydrogen-bond donors (Lipinski definition) is 2. The van der Waals surface area contributed by atoms with Gasteiger partial charge in [-0.1, -0.05) is 44.5 Å². The molecule has 98 valence electrons. The van der Waals surface area contributed by atoms with Crippen LogP contribution in [-0.2, 0) is 11.2 Å². The van der Waals surface area contributed by atoms with Crippen LogP contribution in [0.4, 0.5) is 0 Å². The van der Waals surface area contributed by atoms with Crippen LogP contribution in [0, 0.1) is 5.92 Å². The Hall–Kier alpha value is -1.35. The molecule has 1 aliphatic carbocycles. The zero-order chi connectivity index (χ0) is 13.1. The molecule has 1 aromatic rings. The first-order valence-corrected chi connectivity index (χ1v) is 6.67. The summed E-state index contributed by atoms with van der Waals surface area (Å²) in [4.78, 5) is 11.9. The predicted octanol–water partition coefficient (Wildman–Crippen LogP) is 2.20. The van der Waals surface area contributed by atoms with Gasteiger partial charge in [-0.3, -0.25) is 4.79 Å². The summed E-state index contributed by atoms with van der Waals surface area (Å²) in [6, 6.07) is 7.68. The van der Waals surface area contributed by atoms with Gasteiger partial charge in [-0.2, -0.15) is 0 Å². The lowest BCUT2D eigenvalue weighted by molar-refractivity contribution is -0.123. The summed E-state index contributed by atoms with van der Waals surface area (Å²) < 4.78 is 0. The van der Waals surface area contributed by atoms with Crippen molar-refractivity contribution in [1.29, 1.82) is 0 Å². The van der Waals surface area contributed by atoms with Gasteiger partial charge in [0.15, 0.2) is 0 Å².